The van der Waals surface area contributed by atoms with E-state index in [2.05, 4.69) is 34.2 Å². The topological polar surface area (TPSA) is 131 Å². The second-order valence-corrected chi connectivity index (χ2v) is 13.5. The average Bonchev–Trinajstić information content (AvgIpc) is 3.38. The molecule has 3 heterocycles. The minimum absolute atomic E-state index is 0.0666. The summed E-state index contributed by atoms with van der Waals surface area (Å²) in [7, 11) is -2.25. The second kappa shape index (κ2) is 13.1. The molecule has 7 rings (SSSR count). The molecule has 0 aliphatic rings. The molecule has 0 atom stereocenters. The van der Waals surface area contributed by atoms with Crippen LogP contribution in [-0.4, -0.2) is 32.1 Å². The second-order valence-electron chi connectivity index (χ2n) is 12.1. The quantitative estimate of drug-likeness (QED) is 0.178. The molecular formula is C39H35N5O4S. The van der Waals surface area contributed by atoms with Gasteiger partial charge in [-0.1, -0.05) is 67.9 Å². The largest absolute Gasteiger partial charge is 0.333 e. The third kappa shape index (κ3) is 6.22. The monoisotopic (exact) mass is 669 g/mol. The third-order valence-electron chi connectivity index (χ3n) is 9.23. The van der Waals surface area contributed by atoms with Gasteiger partial charge in [0.15, 0.2) is 0 Å². The van der Waals surface area contributed by atoms with E-state index in [1.165, 1.54) is 12.1 Å². The number of pyridine rings is 2. The van der Waals surface area contributed by atoms with Crippen LogP contribution in [0, 0.1) is 18.3 Å². The first kappa shape index (κ1) is 33.3. The van der Waals surface area contributed by atoms with E-state index >= 15 is 0 Å². The Bertz CT molecular complexity index is 2540. The number of hydrogen-bond acceptors (Lipinski definition) is 6. The molecule has 0 radical (unpaired) electrons. The molecule has 0 aliphatic heterocycles. The van der Waals surface area contributed by atoms with E-state index in [1.54, 1.807) is 34.5 Å². The zero-order chi connectivity index (χ0) is 34.9. The van der Waals surface area contributed by atoms with Gasteiger partial charge in [-0.25, -0.2) is 4.79 Å². The van der Waals surface area contributed by atoms with Crippen LogP contribution in [0.25, 0.3) is 49.7 Å². The van der Waals surface area contributed by atoms with Crippen LogP contribution in [0.15, 0.2) is 119 Å². The van der Waals surface area contributed by atoms with Gasteiger partial charge in [-0.15, -0.1) is 0 Å². The predicted molar refractivity (Wildman–Crippen MR) is 193 cm³/mol. The lowest BCUT2D eigenvalue weighted by Crippen LogP contribution is -2.23. The molecule has 0 saturated carbocycles. The van der Waals surface area contributed by atoms with Gasteiger partial charge in [0.1, 0.15) is 0 Å². The number of hydrogen-bond donors (Lipinski definition) is 1. The van der Waals surface area contributed by atoms with Crippen molar-refractivity contribution in [3.63, 3.8) is 0 Å². The van der Waals surface area contributed by atoms with Crippen LogP contribution in [0.3, 0.4) is 0 Å². The van der Waals surface area contributed by atoms with E-state index in [-0.39, 0.29) is 10.6 Å². The normalized spacial score (nSPS) is 11.8. The highest BCUT2D eigenvalue weighted by molar-refractivity contribution is 7.85. The van der Waals surface area contributed by atoms with Gasteiger partial charge in [-0.05, 0) is 79.4 Å². The molecule has 7 aromatic rings. The highest BCUT2D eigenvalue weighted by Gasteiger charge is 2.28. The van der Waals surface area contributed by atoms with Gasteiger partial charge in [0, 0.05) is 29.6 Å². The lowest BCUT2D eigenvalue weighted by molar-refractivity contribution is 0.483. The van der Waals surface area contributed by atoms with Crippen molar-refractivity contribution < 1.29 is 13.0 Å². The number of rotatable bonds is 6. The summed E-state index contributed by atoms with van der Waals surface area (Å²) in [5.74, 6) is 0. The maximum atomic E-state index is 13.5. The molecule has 1 N–H and O–H groups in total. The molecule has 4 aromatic carbocycles. The molecule has 9 nitrogen and oxygen atoms in total. The predicted octanol–water partition coefficient (Wildman–Crippen LogP) is 7.92. The van der Waals surface area contributed by atoms with Gasteiger partial charge in [0.25, 0.3) is 10.1 Å². The van der Waals surface area contributed by atoms with Crippen molar-refractivity contribution in [1.82, 2.24) is 19.1 Å². The molecule has 0 saturated heterocycles. The summed E-state index contributed by atoms with van der Waals surface area (Å²) < 4.78 is 32.9. The molecule has 0 aliphatic carbocycles. The first-order valence-corrected chi connectivity index (χ1v) is 17.4. The van der Waals surface area contributed by atoms with E-state index in [1.807, 2.05) is 81.6 Å². The number of nitrogens with zero attached hydrogens (tertiary/aromatic N) is 5. The van der Waals surface area contributed by atoms with E-state index in [9.17, 15) is 18.5 Å². The molecule has 246 valence electrons. The van der Waals surface area contributed by atoms with E-state index < -0.39 is 15.5 Å². The minimum Gasteiger partial charge on any atom is -0.293 e. The lowest BCUT2D eigenvalue weighted by atomic mass is 9.77. The molecule has 10 heteroatoms. The van der Waals surface area contributed by atoms with E-state index in [0.29, 0.717) is 0 Å². The van der Waals surface area contributed by atoms with Crippen LogP contribution in [0.5, 0.6) is 0 Å². The zero-order valence-electron chi connectivity index (χ0n) is 27.6. The number of aromatic nitrogens is 4. The summed E-state index contributed by atoms with van der Waals surface area (Å²) >= 11 is 0. The number of nitriles is 1. The number of aryl methyl sites for hydroxylation is 2. The van der Waals surface area contributed by atoms with Crippen molar-refractivity contribution in [3.05, 3.63) is 131 Å². The zero-order valence-corrected chi connectivity index (χ0v) is 28.4. The number of benzene rings is 4. The fourth-order valence-corrected chi connectivity index (χ4v) is 6.65. The van der Waals surface area contributed by atoms with Crippen molar-refractivity contribution >= 4 is 43.0 Å². The minimum atomic E-state index is -4.02. The van der Waals surface area contributed by atoms with E-state index in [4.69, 9.17) is 4.55 Å². The molecule has 0 bridgehead atoms. The first-order valence-electron chi connectivity index (χ1n) is 15.9. The standard InChI is InChI=1S/C32H27N5O.C7H8O3S/c1-4-32(5-2,20-33)24-11-13-25(14-12-24)37-30-26-17-21(23-16-22-8-6-7-9-27(22)34-18-23)10-15-28(26)35-19-29(30)36(3)31(37)38;1-6-2-4-7(5-3-6)11(8,9)10/h6-19H,4-5H2,1-3H3;2-5H,1H3,(H,8,9,10). The molecule has 0 unspecified atom stereocenters. The Balaban J connectivity index is 0.000000324. The van der Waals surface area contributed by atoms with Crippen LogP contribution in [-0.2, 0) is 22.6 Å². The summed E-state index contributed by atoms with van der Waals surface area (Å²) in [4.78, 5) is 22.7. The number of imidazole rings is 1. The van der Waals surface area contributed by atoms with Crippen LogP contribution < -0.4 is 5.69 Å². The van der Waals surface area contributed by atoms with Gasteiger partial charge < -0.3 is 0 Å². The van der Waals surface area contributed by atoms with Gasteiger partial charge in [-0.2, -0.15) is 13.7 Å². The summed E-state index contributed by atoms with van der Waals surface area (Å²) in [5, 5.41) is 11.8. The molecular weight excluding hydrogens is 635 g/mol. The summed E-state index contributed by atoms with van der Waals surface area (Å²) in [5.41, 5.74) is 7.36. The summed E-state index contributed by atoms with van der Waals surface area (Å²) in [6.07, 6.45) is 5.11. The maximum absolute atomic E-state index is 13.5. The molecule has 3 aromatic heterocycles. The van der Waals surface area contributed by atoms with Crippen LogP contribution in [0.2, 0.25) is 0 Å². The first-order chi connectivity index (χ1) is 23.5. The Hall–Kier alpha value is -5.63. The highest BCUT2D eigenvalue weighted by atomic mass is 32.2. The Morgan fingerprint density at radius 3 is 2.16 bits per heavy atom. The summed E-state index contributed by atoms with van der Waals surface area (Å²) in [6.45, 7) is 5.92. The fraction of sp³-hybridized carbons (Fsp3) is 0.179. The van der Waals surface area contributed by atoms with Crippen LogP contribution in [0.1, 0.15) is 37.8 Å². The fourth-order valence-electron chi connectivity index (χ4n) is 6.17. The molecule has 0 spiro atoms. The Morgan fingerprint density at radius 1 is 0.837 bits per heavy atom. The molecule has 49 heavy (non-hydrogen) atoms. The lowest BCUT2D eigenvalue weighted by Gasteiger charge is -2.24. The SMILES string of the molecule is CCC(C#N)(CC)c1ccc(-n2c(=O)n(C)c3cnc4ccc(-c5cnc6ccccc6c5)cc4c32)cc1.Cc1ccc(S(=O)(=O)O)cc1. The van der Waals surface area contributed by atoms with Gasteiger partial charge in [-0.3, -0.25) is 23.7 Å². The number of fused-ring (bicyclic) bond motifs is 4. The molecule has 0 fully saturated rings. The van der Waals surface area contributed by atoms with Crippen molar-refractivity contribution in [2.75, 3.05) is 0 Å². The van der Waals surface area contributed by atoms with Gasteiger partial charge >= 0.3 is 5.69 Å². The van der Waals surface area contributed by atoms with Crippen molar-refractivity contribution in [2.24, 2.45) is 7.05 Å². The summed E-state index contributed by atoms with van der Waals surface area (Å²) in [6, 6.07) is 32.7. The highest BCUT2D eigenvalue weighted by Crippen LogP contribution is 2.33. The van der Waals surface area contributed by atoms with Gasteiger partial charge in [0.2, 0.25) is 0 Å². The number of para-hydroxylation sites is 1. The smallest absolute Gasteiger partial charge is 0.293 e. The van der Waals surface area contributed by atoms with Crippen molar-refractivity contribution in [1.29, 1.82) is 5.26 Å². The van der Waals surface area contributed by atoms with Crippen LogP contribution >= 0.6 is 0 Å². The van der Waals surface area contributed by atoms with Crippen LogP contribution in [0.4, 0.5) is 0 Å². The van der Waals surface area contributed by atoms with Crippen molar-refractivity contribution in [3.8, 4) is 22.9 Å². The van der Waals surface area contributed by atoms with Gasteiger partial charge in [0.05, 0.1) is 50.3 Å². The molecule has 0 amide bonds. The third-order valence-corrected chi connectivity index (χ3v) is 10.1. The average molecular weight is 670 g/mol. The Labute approximate surface area is 284 Å². The van der Waals surface area contributed by atoms with Crippen molar-refractivity contribution in [2.45, 2.75) is 43.9 Å². The maximum Gasteiger partial charge on any atom is 0.333 e. The van der Waals surface area contributed by atoms with E-state index in [0.717, 1.165) is 73.6 Å². The Morgan fingerprint density at radius 2 is 1.51 bits per heavy atom. The Kier molecular flexibility index (Phi) is 8.90.